The molecule has 0 fully saturated rings. The number of nitro groups is 2. The summed E-state index contributed by atoms with van der Waals surface area (Å²) >= 11 is 0. The first-order valence-electron chi connectivity index (χ1n) is 15.2. The molecule has 0 spiro atoms. The predicted octanol–water partition coefficient (Wildman–Crippen LogP) is -7.22. The third-order valence-electron chi connectivity index (χ3n) is 6.69. The van der Waals surface area contributed by atoms with Gasteiger partial charge >= 0.3 is 88.7 Å². The number of carbonyl (C=O) groups excluding carboxylic acids is 2. The first kappa shape index (κ1) is 59.9. The van der Waals surface area contributed by atoms with Crippen LogP contribution in [-0.4, -0.2) is 47.4 Å². The van der Waals surface area contributed by atoms with Gasteiger partial charge in [-0.25, -0.2) is 16.8 Å². The maximum atomic E-state index is 12.2. The summed E-state index contributed by atoms with van der Waals surface area (Å²) in [6.07, 6.45) is 0. The Bertz CT molecular complexity index is 2460. The predicted molar refractivity (Wildman–Crippen MR) is 186 cm³/mol. The maximum Gasteiger partial charge on any atom is 1.00 e. The van der Waals surface area contributed by atoms with E-state index in [0.29, 0.717) is 35.6 Å². The van der Waals surface area contributed by atoms with Crippen molar-refractivity contribution in [1.29, 1.82) is 0 Å². The van der Waals surface area contributed by atoms with Crippen molar-refractivity contribution in [3.63, 3.8) is 0 Å². The Kier molecular flexibility index (Phi) is 25.6. The van der Waals surface area contributed by atoms with E-state index in [0.717, 1.165) is 13.8 Å². The number of para-hydroxylation sites is 2. The van der Waals surface area contributed by atoms with Gasteiger partial charge in [0.25, 0.3) is 11.4 Å². The van der Waals surface area contributed by atoms with Crippen molar-refractivity contribution in [2.24, 2.45) is 20.5 Å². The van der Waals surface area contributed by atoms with Gasteiger partial charge in [0.15, 0.2) is 11.6 Å². The van der Waals surface area contributed by atoms with Gasteiger partial charge in [-0.3, -0.25) is 29.8 Å². The summed E-state index contributed by atoms with van der Waals surface area (Å²) in [6, 6.07) is 17.4. The van der Waals surface area contributed by atoms with Crippen molar-refractivity contribution in [3.8, 4) is 11.5 Å². The minimum absolute atomic E-state index is 0. The molecule has 0 aliphatic rings. The summed E-state index contributed by atoms with van der Waals surface area (Å²) in [4.78, 5) is 40.7. The van der Waals surface area contributed by atoms with Crippen LogP contribution in [0.1, 0.15) is 13.8 Å². The molecule has 4 aromatic carbocycles. The van der Waals surface area contributed by atoms with Gasteiger partial charge in [0, 0.05) is 65.6 Å². The van der Waals surface area contributed by atoms with Crippen molar-refractivity contribution < 1.29 is 171 Å². The Morgan fingerprint density at radius 3 is 1.11 bits per heavy atom. The molecule has 1 radical (unpaired) electrons. The Morgan fingerprint density at radius 2 is 0.871 bits per heavy atom. The van der Waals surface area contributed by atoms with Crippen LogP contribution in [0.15, 0.2) is 138 Å². The van der Waals surface area contributed by atoms with Crippen LogP contribution in [0.25, 0.3) is 0 Å². The van der Waals surface area contributed by atoms with E-state index in [9.17, 15) is 76.2 Å². The number of rotatable bonds is 14. The molecule has 0 atom stereocenters. The van der Waals surface area contributed by atoms with Crippen molar-refractivity contribution in [1.82, 2.24) is 0 Å². The number of nitrogens with one attached hydrogen (secondary N) is 2. The Balaban J connectivity index is 0. The molecule has 0 aromatic heterocycles. The number of hydrogen-bond acceptors (Lipinski definition) is 22. The third kappa shape index (κ3) is 17.5. The van der Waals surface area contributed by atoms with E-state index in [2.05, 4.69) is 31.1 Å². The van der Waals surface area contributed by atoms with Gasteiger partial charge in [-0.15, -0.1) is 10.2 Å². The molecule has 0 bridgehead atoms. The van der Waals surface area contributed by atoms with Crippen LogP contribution in [0.3, 0.4) is 0 Å². The van der Waals surface area contributed by atoms with Gasteiger partial charge in [-0.1, -0.05) is 36.4 Å². The monoisotopic (exact) mass is 966 g/mol. The first-order valence-corrected chi connectivity index (χ1v) is 18.1. The number of hydrogen-bond donors (Lipinski definition) is 2. The molecule has 0 saturated carbocycles. The average Bonchev–Trinajstić information content (AvgIpc) is 3.12. The smallest absolute Gasteiger partial charge is 0.866 e. The number of nitro benzene ring substituents is 2. The Morgan fingerprint density at radius 1 is 0.581 bits per heavy atom. The van der Waals surface area contributed by atoms with Gasteiger partial charge in [-0.2, -0.15) is 10.2 Å². The molecule has 0 aliphatic heterocycles. The second kappa shape index (κ2) is 26.5. The van der Waals surface area contributed by atoms with Crippen LogP contribution in [0.4, 0.5) is 34.1 Å². The number of nitrogens with zero attached hydrogens (tertiary/aromatic N) is 6. The van der Waals surface area contributed by atoms with Crippen LogP contribution < -0.4 is 120 Å². The van der Waals surface area contributed by atoms with E-state index >= 15 is 0 Å². The van der Waals surface area contributed by atoms with Gasteiger partial charge in [0.2, 0.25) is 0 Å². The van der Waals surface area contributed by atoms with Crippen LogP contribution >= 0.6 is 0 Å². The maximum absolute atomic E-state index is 12.2. The molecule has 0 unspecified atom stereocenters. The summed E-state index contributed by atoms with van der Waals surface area (Å²) in [6.45, 7) is 1.97. The van der Waals surface area contributed by atoms with Gasteiger partial charge in [0.05, 0.1) is 31.0 Å². The Labute approximate surface area is 427 Å². The van der Waals surface area contributed by atoms with Crippen LogP contribution in [-0.2, 0) is 46.6 Å². The van der Waals surface area contributed by atoms with Crippen LogP contribution in [0, 0.1) is 20.2 Å². The summed E-state index contributed by atoms with van der Waals surface area (Å²) in [7, 11) is -10.3. The molecule has 0 amide bonds. The van der Waals surface area contributed by atoms with Crippen molar-refractivity contribution >= 4 is 65.9 Å². The van der Waals surface area contributed by atoms with Gasteiger partial charge in [0.1, 0.15) is 31.6 Å². The average molecular weight is 967 g/mol. The quantitative estimate of drug-likeness (QED) is 0.0225. The Hall–Kier alpha value is -4.17. The van der Waals surface area contributed by atoms with Gasteiger partial charge < -0.3 is 40.2 Å². The zero-order valence-corrected chi connectivity index (χ0v) is 41.1. The number of azo groups is 2. The minimum Gasteiger partial charge on any atom is -0.866 e. The largest absolute Gasteiger partial charge is 1.00 e. The molecule has 4 aromatic rings. The summed E-state index contributed by atoms with van der Waals surface area (Å²) in [5, 5.41) is 88.3. The number of carbonyl (C=O) groups is 2. The molecule has 2 N–H and O–H groups in total. The van der Waals surface area contributed by atoms with E-state index in [1.807, 2.05) is 0 Å². The number of ketones is 2. The molecule has 0 saturated heterocycles. The van der Waals surface area contributed by atoms with E-state index in [1.54, 1.807) is 36.4 Å². The topological polar surface area (TPSA) is 401 Å². The second-order valence-electron chi connectivity index (χ2n) is 10.9. The van der Waals surface area contributed by atoms with Gasteiger partial charge in [-0.05, 0) is 48.2 Å². The number of benzene rings is 4. The molecule has 0 aliphatic carbocycles. The second-order valence-corrected chi connectivity index (χ2v) is 13.6. The summed E-state index contributed by atoms with van der Waals surface area (Å²) in [5.41, 5.74) is -5.13. The number of anilines is 2. The molecule has 62 heavy (non-hydrogen) atoms. The fourth-order valence-electron chi connectivity index (χ4n) is 4.04. The van der Waals surface area contributed by atoms with Crippen LogP contribution in [0.5, 0.6) is 11.5 Å². The van der Waals surface area contributed by atoms with Crippen LogP contribution in [0.2, 0.25) is 0 Å². The summed E-state index contributed by atoms with van der Waals surface area (Å²) < 4.78 is 66.9. The molecule has 0 heterocycles. The van der Waals surface area contributed by atoms with E-state index < -0.39 is 109 Å². The molecular formula is C32H22CoN8Na3O16S2-3. The zero-order chi connectivity index (χ0) is 43.5. The van der Waals surface area contributed by atoms with Crippen molar-refractivity contribution in [2.45, 2.75) is 23.6 Å². The van der Waals surface area contributed by atoms with Crippen molar-refractivity contribution in [3.05, 3.63) is 128 Å². The third-order valence-corrected chi connectivity index (χ3v) is 8.32. The molecular weight excluding hydrogens is 944 g/mol. The minimum atomic E-state index is -5.16. The molecule has 30 heteroatoms. The fraction of sp³-hybridized carbons (Fsp3) is 0.0625. The molecule has 313 valence electrons. The van der Waals surface area contributed by atoms with E-state index in [-0.39, 0.29) is 105 Å². The summed E-state index contributed by atoms with van der Waals surface area (Å²) in [5.74, 6) is -6.37. The van der Waals surface area contributed by atoms with E-state index in [1.165, 1.54) is 24.3 Å². The number of allylic oxidation sites excluding steroid dienone is 2. The van der Waals surface area contributed by atoms with Crippen molar-refractivity contribution in [2.75, 3.05) is 10.6 Å². The molecule has 4 rings (SSSR count). The standard InChI is InChI=1S/2C16H14N4O8S.Co.3Na/c2*1-9(21)14(16(23)17-10-5-3-2-4-6-10)19-18-12-7-11(29(26,27)28)8-13(15(12)22)20(24)25;;;;/h2*2-8,17,22-23H,1H3,(H,26,27,28);;;;/q;;;3*+1/p-6/b2*16-14-,19-18?;;;;. The SMILES string of the molecule is CC(=O)/C(N=Nc1cc(S(=O)(=O)[O-])cc([N+](=O)[O-])c1[O-])=C(/[O-])Nc1ccccc1.CC(=O)/C(N=Nc1cc(S(=O)(=O)[O-])cc([N+](=O)[O-])c1[O-])=C(/[O-])Nc1ccccc1.[Co].[Na+].[Na+].[Na+]. The molecule has 24 nitrogen and oxygen atoms in total. The van der Waals surface area contributed by atoms with E-state index in [4.69, 9.17) is 0 Å². The fourth-order valence-corrected chi connectivity index (χ4v) is 5.06. The zero-order valence-electron chi connectivity index (χ0n) is 32.4. The normalized spacial score (nSPS) is 11.7. The number of Topliss-reactive ketones (excluding diaryl/α,β-unsaturated/α-hetero) is 2. The first-order chi connectivity index (χ1) is 27.0.